The molecule has 0 bridgehead atoms. The number of thiazole rings is 1. The Hall–Kier alpha value is -2.41. The number of benzene rings is 1. The van der Waals surface area contributed by atoms with Crippen LogP contribution in [0.3, 0.4) is 0 Å². The van der Waals surface area contributed by atoms with E-state index in [4.69, 9.17) is 5.73 Å². The third kappa shape index (κ3) is 5.34. The minimum atomic E-state index is -0.416. The fraction of sp³-hybridized carbons (Fsp3) is 0.353. The second-order valence-corrected chi connectivity index (χ2v) is 6.44. The average Bonchev–Trinajstić information content (AvgIpc) is 3.06. The minimum Gasteiger partial charge on any atom is -0.366 e. The van der Waals surface area contributed by atoms with Gasteiger partial charge in [-0.3, -0.25) is 9.79 Å². The molecule has 0 aliphatic carbocycles. The van der Waals surface area contributed by atoms with E-state index in [2.05, 4.69) is 27.5 Å². The van der Waals surface area contributed by atoms with Gasteiger partial charge in [-0.15, -0.1) is 11.3 Å². The van der Waals surface area contributed by atoms with Crippen molar-refractivity contribution in [1.82, 2.24) is 15.6 Å². The van der Waals surface area contributed by atoms with Gasteiger partial charge < -0.3 is 16.4 Å². The number of primary amides is 1. The number of aromatic nitrogens is 1. The van der Waals surface area contributed by atoms with Crippen LogP contribution in [0.5, 0.6) is 0 Å². The number of carbonyl (C=O) groups excluding carboxylic acids is 1. The van der Waals surface area contributed by atoms with Crippen molar-refractivity contribution in [2.24, 2.45) is 10.7 Å². The average molecular weight is 345 g/mol. The normalized spacial score (nSPS) is 11.3. The molecule has 128 valence electrons. The van der Waals surface area contributed by atoms with Crippen LogP contribution in [-0.4, -0.2) is 30.4 Å². The van der Waals surface area contributed by atoms with Crippen LogP contribution in [0.2, 0.25) is 0 Å². The van der Waals surface area contributed by atoms with Crippen LogP contribution in [0, 0.1) is 0 Å². The predicted molar refractivity (Wildman–Crippen MR) is 98.4 cm³/mol. The topological polar surface area (TPSA) is 92.4 Å². The molecule has 0 spiro atoms. The summed E-state index contributed by atoms with van der Waals surface area (Å²) in [4.78, 5) is 21.0. The summed E-state index contributed by atoms with van der Waals surface area (Å²) in [6.45, 7) is 3.53. The Kier molecular flexibility index (Phi) is 6.74. The number of carbonyl (C=O) groups is 1. The standard InChI is InChI=1S/C17H23N5OS/c1-3-14-11-21-15(24-14)8-9-20-17(19-2)22-10-12-4-6-13(7-5-12)16(18)23/h4-7,11H,3,8-10H2,1-2H3,(H2,18,23)(H2,19,20,22). The fourth-order valence-electron chi connectivity index (χ4n) is 2.11. The van der Waals surface area contributed by atoms with Crippen LogP contribution >= 0.6 is 11.3 Å². The molecule has 1 aromatic heterocycles. The van der Waals surface area contributed by atoms with Gasteiger partial charge in [0, 0.05) is 43.2 Å². The summed E-state index contributed by atoms with van der Waals surface area (Å²) in [5.74, 6) is 0.321. The molecule has 0 radical (unpaired) electrons. The zero-order valence-corrected chi connectivity index (χ0v) is 14.8. The van der Waals surface area contributed by atoms with E-state index in [0.717, 1.165) is 35.9 Å². The van der Waals surface area contributed by atoms with Crippen molar-refractivity contribution in [1.29, 1.82) is 0 Å². The molecule has 1 aromatic carbocycles. The molecule has 2 rings (SSSR count). The monoisotopic (exact) mass is 345 g/mol. The van der Waals surface area contributed by atoms with Gasteiger partial charge in [0.2, 0.25) is 5.91 Å². The Morgan fingerprint density at radius 2 is 2.04 bits per heavy atom. The third-order valence-corrected chi connectivity index (χ3v) is 4.70. The molecule has 0 fully saturated rings. The molecular formula is C17H23N5OS. The maximum Gasteiger partial charge on any atom is 0.248 e. The highest BCUT2D eigenvalue weighted by Gasteiger charge is 2.03. The summed E-state index contributed by atoms with van der Waals surface area (Å²) in [5, 5.41) is 7.66. The van der Waals surface area contributed by atoms with E-state index in [1.54, 1.807) is 30.5 Å². The Morgan fingerprint density at radius 1 is 1.29 bits per heavy atom. The molecule has 1 heterocycles. The first-order valence-electron chi connectivity index (χ1n) is 7.89. The molecule has 0 atom stereocenters. The Balaban J connectivity index is 1.76. The maximum absolute atomic E-state index is 11.1. The van der Waals surface area contributed by atoms with Crippen LogP contribution in [0.4, 0.5) is 0 Å². The molecule has 1 amide bonds. The SMILES string of the molecule is CCc1cnc(CCNC(=NC)NCc2ccc(C(N)=O)cc2)s1. The molecular weight excluding hydrogens is 322 g/mol. The van der Waals surface area contributed by atoms with Gasteiger partial charge in [0.05, 0.1) is 5.01 Å². The summed E-state index contributed by atoms with van der Waals surface area (Å²) in [6.07, 6.45) is 3.85. The summed E-state index contributed by atoms with van der Waals surface area (Å²) in [6, 6.07) is 7.21. The third-order valence-electron chi connectivity index (χ3n) is 3.50. The van der Waals surface area contributed by atoms with Gasteiger partial charge in [-0.2, -0.15) is 0 Å². The number of hydrogen-bond acceptors (Lipinski definition) is 4. The minimum absolute atomic E-state index is 0.416. The van der Waals surface area contributed by atoms with E-state index in [0.29, 0.717) is 12.1 Å². The summed E-state index contributed by atoms with van der Waals surface area (Å²) >= 11 is 1.76. The number of rotatable bonds is 7. The number of guanidine groups is 1. The number of nitrogens with one attached hydrogen (secondary N) is 2. The van der Waals surface area contributed by atoms with Crippen molar-refractivity contribution in [2.75, 3.05) is 13.6 Å². The van der Waals surface area contributed by atoms with Gasteiger partial charge in [-0.05, 0) is 24.1 Å². The van der Waals surface area contributed by atoms with Crippen LogP contribution < -0.4 is 16.4 Å². The van der Waals surface area contributed by atoms with Gasteiger partial charge in [-0.25, -0.2) is 4.98 Å². The number of nitrogens with two attached hydrogens (primary N) is 1. The Bertz CT molecular complexity index is 693. The Morgan fingerprint density at radius 3 is 2.62 bits per heavy atom. The molecule has 7 heteroatoms. The van der Waals surface area contributed by atoms with Gasteiger partial charge in [-0.1, -0.05) is 19.1 Å². The van der Waals surface area contributed by atoms with Crippen molar-refractivity contribution >= 4 is 23.2 Å². The van der Waals surface area contributed by atoms with Gasteiger partial charge >= 0.3 is 0 Å². The summed E-state index contributed by atoms with van der Waals surface area (Å²) < 4.78 is 0. The fourth-order valence-corrected chi connectivity index (χ4v) is 2.97. The Labute approximate surface area is 146 Å². The predicted octanol–water partition coefficient (Wildman–Crippen LogP) is 1.71. The van der Waals surface area contributed by atoms with E-state index in [9.17, 15) is 4.79 Å². The number of nitrogens with zero attached hydrogens (tertiary/aromatic N) is 2. The smallest absolute Gasteiger partial charge is 0.248 e. The van der Waals surface area contributed by atoms with Crippen molar-refractivity contribution < 1.29 is 4.79 Å². The van der Waals surface area contributed by atoms with Crippen molar-refractivity contribution in [2.45, 2.75) is 26.3 Å². The molecule has 0 unspecified atom stereocenters. The summed E-state index contributed by atoms with van der Waals surface area (Å²) in [5.41, 5.74) is 6.79. The van der Waals surface area contributed by atoms with Crippen molar-refractivity contribution in [3.8, 4) is 0 Å². The lowest BCUT2D eigenvalue weighted by Crippen LogP contribution is -2.37. The second-order valence-electron chi connectivity index (χ2n) is 5.24. The maximum atomic E-state index is 11.1. The zero-order valence-electron chi connectivity index (χ0n) is 14.0. The highest BCUT2D eigenvalue weighted by molar-refractivity contribution is 7.11. The number of amides is 1. The largest absolute Gasteiger partial charge is 0.366 e. The van der Waals surface area contributed by atoms with E-state index in [1.807, 2.05) is 18.3 Å². The number of aliphatic imine (C=N–C) groups is 1. The van der Waals surface area contributed by atoms with E-state index in [-0.39, 0.29) is 0 Å². The van der Waals surface area contributed by atoms with Crippen molar-refractivity contribution in [3.05, 3.63) is 51.5 Å². The van der Waals surface area contributed by atoms with Gasteiger partial charge in [0.15, 0.2) is 5.96 Å². The van der Waals surface area contributed by atoms with E-state index >= 15 is 0 Å². The lowest BCUT2D eigenvalue weighted by molar-refractivity contribution is 0.100. The number of aryl methyl sites for hydroxylation is 1. The molecule has 24 heavy (non-hydrogen) atoms. The van der Waals surface area contributed by atoms with Crippen LogP contribution in [0.1, 0.15) is 32.7 Å². The molecule has 0 saturated carbocycles. The lowest BCUT2D eigenvalue weighted by atomic mass is 10.1. The molecule has 4 N–H and O–H groups in total. The summed E-state index contributed by atoms with van der Waals surface area (Å²) in [7, 11) is 1.74. The zero-order chi connectivity index (χ0) is 17.4. The van der Waals surface area contributed by atoms with Gasteiger partial charge in [0.1, 0.15) is 0 Å². The van der Waals surface area contributed by atoms with Crippen LogP contribution in [0.25, 0.3) is 0 Å². The highest BCUT2D eigenvalue weighted by atomic mass is 32.1. The molecule has 2 aromatic rings. The first-order chi connectivity index (χ1) is 11.6. The molecule has 0 aliphatic rings. The van der Waals surface area contributed by atoms with Crippen LogP contribution in [0.15, 0.2) is 35.5 Å². The number of hydrogen-bond donors (Lipinski definition) is 3. The quantitative estimate of drug-likeness (QED) is 0.526. The highest BCUT2D eigenvalue weighted by Crippen LogP contribution is 2.13. The van der Waals surface area contributed by atoms with Crippen LogP contribution in [-0.2, 0) is 19.4 Å². The first-order valence-corrected chi connectivity index (χ1v) is 8.71. The van der Waals surface area contributed by atoms with E-state index < -0.39 is 5.91 Å². The van der Waals surface area contributed by atoms with E-state index in [1.165, 1.54) is 4.88 Å². The van der Waals surface area contributed by atoms with Crippen molar-refractivity contribution in [3.63, 3.8) is 0 Å². The lowest BCUT2D eigenvalue weighted by Gasteiger charge is -2.11. The first kappa shape index (κ1) is 17.9. The molecule has 0 saturated heterocycles. The second kappa shape index (κ2) is 9.02. The molecule has 0 aliphatic heterocycles. The van der Waals surface area contributed by atoms with Gasteiger partial charge in [0.25, 0.3) is 0 Å². The molecule has 6 nitrogen and oxygen atoms in total.